The van der Waals surface area contributed by atoms with E-state index in [1.165, 1.54) is 16.7 Å². The molecular weight excluding hydrogens is 560 g/mol. The van der Waals surface area contributed by atoms with Gasteiger partial charge < -0.3 is 26.0 Å². The maximum Gasteiger partial charge on any atom is 0.319 e. The third-order valence-corrected chi connectivity index (χ3v) is 9.50. The molecule has 0 radical (unpaired) electrons. The zero-order valence-corrected chi connectivity index (χ0v) is 26.5. The van der Waals surface area contributed by atoms with E-state index in [9.17, 15) is 19.5 Å². The number of nitrogens with zero attached hydrogens (tertiary/aromatic N) is 1. The lowest BCUT2D eigenvalue weighted by molar-refractivity contribution is -0.147. The van der Waals surface area contributed by atoms with Gasteiger partial charge in [-0.15, -0.1) is 11.8 Å². The van der Waals surface area contributed by atoms with Gasteiger partial charge in [0.05, 0.1) is 11.9 Å². The lowest BCUT2D eigenvalue weighted by Crippen LogP contribution is -2.59. The third-order valence-electron chi connectivity index (χ3n) is 8.13. The van der Waals surface area contributed by atoms with Gasteiger partial charge in [-0.1, -0.05) is 60.7 Å². The van der Waals surface area contributed by atoms with Crippen molar-refractivity contribution in [3.8, 4) is 0 Å². The van der Waals surface area contributed by atoms with Crippen molar-refractivity contribution in [3.63, 3.8) is 0 Å². The highest BCUT2D eigenvalue weighted by Crippen LogP contribution is 2.40. The predicted molar refractivity (Wildman–Crippen MR) is 173 cm³/mol. The maximum absolute atomic E-state index is 13.9. The molecule has 1 heterocycles. The number of carbonyl (C=O) groups is 3. The van der Waals surface area contributed by atoms with Gasteiger partial charge in [0, 0.05) is 17.0 Å². The number of anilines is 1. The van der Waals surface area contributed by atoms with E-state index in [-0.39, 0.29) is 18.2 Å². The summed E-state index contributed by atoms with van der Waals surface area (Å²) < 4.78 is -0.578. The van der Waals surface area contributed by atoms with Gasteiger partial charge in [-0.3, -0.25) is 9.59 Å². The Morgan fingerprint density at radius 3 is 2.28 bits per heavy atom. The standard InChI is InChI=1S/C34H42N4O4S/c1-21-12-10-11-15-26(21)19-35-31(40)30-34(5,6)43-20-38(30)32(41)29(39)28(18-25-13-8-7-9-14-25)37-33(42)36-27-17-23(3)22(2)16-24(27)4/h7-17,28-30,39H,18-20H2,1-6H3,(H,35,40)(H2,36,37,42). The van der Waals surface area contributed by atoms with Gasteiger partial charge in [0.25, 0.3) is 5.91 Å². The fraction of sp³-hybridized carbons (Fsp3) is 0.382. The topological polar surface area (TPSA) is 111 Å². The van der Waals surface area contributed by atoms with Gasteiger partial charge in [0.15, 0.2) is 6.10 Å². The second-order valence-electron chi connectivity index (χ2n) is 11.8. The average molecular weight is 603 g/mol. The van der Waals surface area contributed by atoms with E-state index < -0.39 is 34.9 Å². The van der Waals surface area contributed by atoms with Crippen LogP contribution in [0.2, 0.25) is 0 Å². The minimum Gasteiger partial charge on any atom is -0.381 e. The molecule has 0 bridgehead atoms. The summed E-state index contributed by atoms with van der Waals surface area (Å²) in [6.45, 7) is 12.1. The summed E-state index contributed by atoms with van der Waals surface area (Å²) in [7, 11) is 0. The second-order valence-corrected chi connectivity index (χ2v) is 13.4. The summed E-state index contributed by atoms with van der Waals surface area (Å²) in [5.41, 5.74) is 6.64. The second kappa shape index (κ2) is 13.7. The number of amides is 4. The highest BCUT2D eigenvalue weighted by molar-refractivity contribution is 8.00. The van der Waals surface area contributed by atoms with Crippen LogP contribution in [0.25, 0.3) is 0 Å². The average Bonchev–Trinajstić information content (AvgIpc) is 3.29. The van der Waals surface area contributed by atoms with E-state index in [1.807, 2.05) is 108 Å². The van der Waals surface area contributed by atoms with Crippen molar-refractivity contribution in [2.75, 3.05) is 11.2 Å². The van der Waals surface area contributed by atoms with Gasteiger partial charge in [-0.05, 0) is 87.4 Å². The Morgan fingerprint density at radius 1 is 0.930 bits per heavy atom. The van der Waals surface area contributed by atoms with Crippen LogP contribution in [0, 0.1) is 27.7 Å². The summed E-state index contributed by atoms with van der Waals surface area (Å²) in [5.74, 6) is -0.635. The Balaban J connectivity index is 1.53. The van der Waals surface area contributed by atoms with Crippen LogP contribution < -0.4 is 16.0 Å². The summed E-state index contributed by atoms with van der Waals surface area (Å²) in [4.78, 5) is 42.1. The van der Waals surface area contributed by atoms with Crippen LogP contribution in [-0.4, -0.2) is 56.7 Å². The van der Waals surface area contributed by atoms with Gasteiger partial charge in [-0.2, -0.15) is 0 Å². The Labute approximate surface area is 258 Å². The molecule has 3 unspecified atom stereocenters. The molecule has 4 N–H and O–H groups in total. The van der Waals surface area contributed by atoms with E-state index in [0.717, 1.165) is 33.4 Å². The number of aliphatic hydroxyl groups is 1. The molecule has 228 valence electrons. The first-order valence-electron chi connectivity index (χ1n) is 14.5. The van der Waals surface area contributed by atoms with Crippen LogP contribution in [0.3, 0.4) is 0 Å². The van der Waals surface area contributed by atoms with Gasteiger partial charge >= 0.3 is 6.03 Å². The first kappa shape index (κ1) is 32.1. The number of rotatable bonds is 9. The van der Waals surface area contributed by atoms with Gasteiger partial charge in [-0.25, -0.2) is 4.79 Å². The normalized spacial score (nSPS) is 17.2. The van der Waals surface area contributed by atoms with Crippen LogP contribution in [0.1, 0.15) is 47.2 Å². The number of aliphatic hydroxyl groups excluding tert-OH is 1. The van der Waals surface area contributed by atoms with E-state index in [4.69, 9.17) is 0 Å². The minimum atomic E-state index is -1.58. The SMILES string of the molecule is Cc1cc(C)c(NC(=O)NC(Cc2ccccc2)C(O)C(=O)N2CSC(C)(C)C2C(=O)NCc2ccccc2C)cc1C. The fourth-order valence-corrected chi connectivity index (χ4v) is 6.51. The van der Waals surface area contributed by atoms with E-state index in [1.54, 1.807) is 0 Å². The van der Waals surface area contributed by atoms with E-state index in [0.29, 0.717) is 12.2 Å². The van der Waals surface area contributed by atoms with Crippen LogP contribution in [0.5, 0.6) is 0 Å². The molecule has 4 rings (SSSR count). The molecule has 8 nitrogen and oxygen atoms in total. The zero-order chi connectivity index (χ0) is 31.3. The summed E-state index contributed by atoms with van der Waals surface area (Å²) in [5, 5.41) is 20.2. The summed E-state index contributed by atoms with van der Waals surface area (Å²) in [6.07, 6.45) is -1.35. The number of hydrogen-bond donors (Lipinski definition) is 4. The first-order valence-corrected chi connectivity index (χ1v) is 15.5. The van der Waals surface area contributed by atoms with Crippen molar-refractivity contribution in [2.24, 2.45) is 0 Å². The Morgan fingerprint density at radius 2 is 1.58 bits per heavy atom. The smallest absolute Gasteiger partial charge is 0.319 e. The number of thioether (sulfide) groups is 1. The molecule has 0 aliphatic carbocycles. The molecule has 1 fully saturated rings. The molecule has 4 amide bonds. The van der Waals surface area contributed by atoms with Crippen molar-refractivity contribution >= 4 is 35.3 Å². The van der Waals surface area contributed by atoms with Crippen molar-refractivity contribution in [1.82, 2.24) is 15.5 Å². The van der Waals surface area contributed by atoms with Crippen molar-refractivity contribution < 1.29 is 19.5 Å². The van der Waals surface area contributed by atoms with Crippen molar-refractivity contribution in [2.45, 2.75) is 77.4 Å². The fourth-order valence-electron chi connectivity index (χ4n) is 5.37. The quantitative estimate of drug-likeness (QED) is 0.275. The number of benzene rings is 3. The number of carbonyl (C=O) groups excluding carboxylic acids is 3. The Bertz CT molecular complexity index is 1480. The number of aryl methyl sites for hydroxylation is 4. The molecule has 1 aliphatic heterocycles. The van der Waals surface area contributed by atoms with Crippen LogP contribution in [-0.2, 0) is 22.6 Å². The summed E-state index contributed by atoms with van der Waals surface area (Å²) in [6, 6.07) is 18.8. The number of nitrogens with one attached hydrogen (secondary N) is 3. The molecule has 3 atom stereocenters. The molecule has 1 aliphatic rings. The van der Waals surface area contributed by atoms with E-state index in [2.05, 4.69) is 16.0 Å². The predicted octanol–water partition coefficient (Wildman–Crippen LogP) is 5.01. The Hall–Kier alpha value is -3.82. The minimum absolute atomic E-state index is 0.224. The van der Waals surface area contributed by atoms with Crippen molar-refractivity contribution in [3.05, 3.63) is 100 Å². The molecule has 1 saturated heterocycles. The summed E-state index contributed by atoms with van der Waals surface area (Å²) >= 11 is 1.48. The zero-order valence-electron chi connectivity index (χ0n) is 25.7. The van der Waals surface area contributed by atoms with Crippen molar-refractivity contribution in [1.29, 1.82) is 0 Å². The van der Waals surface area contributed by atoms with Gasteiger partial charge in [0.2, 0.25) is 5.91 Å². The lowest BCUT2D eigenvalue weighted by Gasteiger charge is -2.33. The molecule has 9 heteroatoms. The van der Waals surface area contributed by atoms with Crippen LogP contribution >= 0.6 is 11.8 Å². The monoisotopic (exact) mass is 602 g/mol. The molecular formula is C34H42N4O4S. The molecule has 3 aromatic rings. The van der Waals surface area contributed by atoms with Crippen LogP contribution in [0.15, 0.2) is 66.7 Å². The highest BCUT2D eigenvalue weighted by Gasteiger charge is 2.49. The number of urea groups is 1. The van der Waals surface area contributed by atoms with Crippen LogP contribution in [0.4, 0.5) is 10.5 Å². The molecule has 43 heavy (non-hydrogen) atoms. The Kier molecular flexibility index (Phi) is 10.2. The van der Waals surface area contributed by atoms with Gasteiger partial charge in [0.1, 0.15) is 6.04 Å². The highest BCUT2D eigenvalue weighted by atomic mass is 32.2. The third kappa shape index (κ3) is 7.77. The molecule has 3 aromatic carbocycles. The first-order chi connectivity index (χ1) is 20.4. The largest absolute Gasteiger partial charge is 0.381 e. The maximum atomic E-state index is 13.9. The van der Waals surface area contributed by atoms with E-state index >= 15 is 0 Å². The molecule has 0 spiro atoms. The number of hydrogen-bond acceptors (Lipinski definition) is 5. The molecule has 0 aromatic heterocycles. The molecule has 0 saturated carbocycles. The lowest BCUT2D eigenvalue weighted by atomic mass is 9.97.